The summed E-state index contributed by atoms with van der Waals surface area (Å²) in [6.45, 7) is 10.7. The number of likely N-dealkylation sites (N-methyl/N-ethyl adjacent to an activating group) is 1. The third kappa shape index (κ3) is 4.94. The Morgan fingerprint density at radius 3 is 2.35 bits per heavy atom. The van der Waals surface area contributed by atoms with Crippen LogP contribution in [0.25, 0.3) is 0 Å². The fraction of sp³-hybridized carbons (Fsp3) is 0.588. The van der Waals surface area contributed by atoms with Gasteiger partial charge in [-0.05, 0) is 47.6 Å². The summed E-state index contributed by atoms with van der Waals surface area (Å²) in [7, 11) is 1.51. The van der Waals surface area contributed by atoms with Gasteiger partial charge < -0.3 is 14.3 Å². The molecule has 1 amide bonds. The third-order valence-electron chi connectivity index (χ3n) is 3.19. The number of pyridine rings is 1. The highest BCUT2D eigenvalue weighted by Gasteiger charge is 2.38. The maximum Gasteiger partial charge on any atom is 0.411 e. The van der Waals surface area contributed by atoms with Gasteiger partial charge >= 0.3 is 6.09 Å². The summed E-state index contributed by atoms with van der Waals surface area (Å²) < 4.78 is 10.9. The lowest BCUT2D eigenvalue weighted by Crippen LogP contribution is -2.48. The lowest BCUT2D eigenvalue weighted by Gasteiger charge is -2.35. The van der Waals surface area contributed by atoms with E-state index in [4.69, 9.17) is 9.47 Å². The van der Waals surface area contributed by atoms with Crippen LogP contribution in [0.3, 0.4) is 0 Å². The van der Waals surface area contributed by atoms with Crippen molar-refractivity contribution in [3.05, 3.63) is 23.9 Å². The van der Waals surface area contributed by atoms with E-state index in [0.29, 0.717) is 17.9 Å². The Bertz CT molecular complexity index is 566. The minimum Gasteiger partial charge on any atom is -0.475 e. The van der Waals surface area contributed by atoms with Gasteiger partial charge in [0, 0.05) is 13.1 Å². The molecule has 23 heavy (non-hydrogen) atoms. The predicted molar refractivity (Wildman–Crippen MR) is 87.4 cm³/mol. The molecule has 0 saturated heterocycles. The van der Waals surface area contributed by atoms with Gasteiger partial charge in [-0.3, -0.25) is 4.90 Å². The van der Waals surface area contributed by atoms with Crippen molar-refractivity contribution in [2.75, 3.05) is 7.05 Å². The summed E-state index contributed by atoms with van der Waals surface area (Å²) in [5, 5.41) is 0. The van der Waals surface area contributed by atoms with Crippen molar-refractivity contribution < 1.29 is 19.1 Å². The molecule has 0 N–H and O–H groups in total. The minimum atomic E-state index is -1.25. The molecule has 0 bridgehead atoms. The Hall–Kier alpha value is -2.11. The van der Waals surface area contributed by atoms with Crippen LogP contribution in [-0.2, 0) is 15.1 Å². The minimum absolute atomic E-state index is 0.0381. The maximum absolute atomic E-state index is 12.3. The van der Waals surface area contributed by atoms with Crippen LogP contribution >= 0.6 is 0 Å². The van der Waals surface area contributed by atoms with Gasteiger partial charge in [0.05, 0.1) is 11.8 Å². The first-order valence-corrected chi connectivity index (χ1v) is 7.57. The van der Waals surface area contributed by atoms with Gasteiger partial charge in [-0.15, -0.1) is 0 Å². The second-order valence-corrected chi connectivity index (χ2v) is 6.83. The van der Waals surface area contributed by atoms with Gasteiger partial charge in [0.15, 0.2) is 6.29 Å². The summed E-state index contributed by atoms with van der Waals surface area (Å²) >= 11 is 0. The van der Waals surface area contributed by atoms with Crippen molar-refractivity contribution in [3.8, 4) is 5.88 Å². The predicted octanol–water partition coefficient (Wildman–Crippen LogP) is 3.15. The standard InChI is InChI=1S/C17H26N2O4/c1-12(2)22-14-10-8-9-13(18-14)17(6,11-20)19(7)15(21)23-16(3,4)5/h8-12H,1-7H3. The number of rotatable bonds is 5. The first kappa shape index (κ1) is 18.9. The zero-order valence-electron chi connectivity index (χ0n) is 14.9. The first-order valence-electron chi connectivity index (χ1n) is 7.57. The van der Waals surface area contributed by atoms with E-state index in [-0.39, 0.29) is 6.10 Å². The fourth-order valence-corrected chi connectivity index (χ4v) is 1.84. The normalized spacial score (nSPS) is 14.1. The number of hydrogen-bond acceptors (Lipinski definition) is 5. The molecule has 1 aromatic heterocycles. The van der Waals surface area contributed by atoms with E-state index in [0.717, 1.165) is 0 Å². The highest BCUT2D eigenvalue weighted by molar-refractivity contribution is 5.77. The van der Waals surface area contributed by atoms with Crippen LogP contribution in [-0.4, -0.2) is 41.0 Å². The van der Waals surface area contributed by atoms with Crippen LogP contribution in [0, 0.1) is 0 Å². The molecular formula is C17H26N2O4. The molecule has 1 atom stereocenters. The molecule has 0 aliphatic rings. The van der Waals surface area contributed by atoms with Crippen LogP contribution in [0.4, 0.5) is 4.79 Å². The van der Waals surface area contributed by atoms with Crippen molar-refractivity contribution in [1.29, 1.82) is 0 Å². The molecule has 0 saturated carbocycles. The lowest BCUT2D eigenvalue weighted by molar-refractivity contribution is -0.117. The van der Waals surface area contributed by atoms with E-state index in [2.05, 4.69) is 4.98 Å². The van der Waals surface area contributed by atoms with E-state index < -0.39 is 17.2 Å². The zero-order chi connectivity index (χ0) is 17.8. The van der Waals surface area contributed by atoms with E-state index >= 15 is 0 Å². The smallest absolute Gasteiger partial charge is 0.411 e. The molecule has 1 heterocycles. The summed E-state index contributed by atoms with van der Waals surface area (Å²) in [4.78, 5) is 29.6. The van der Waals surface area contributed by atoms with E-state index in [1.165, 1.54) is 11.9 Å². The Labute approximate surface area is 137 Å². The third-order valence-corrected chi connectivity index (χ3v) is 3.19. The Kier molecular flexibility index (Phi) is 5.75. The van der Waals surface area contributed by atoms with Crippen molar-refractivity contribution in [2.45, 2.75) is 58.8 Å². The molecule has 0 aliphatic carbocycles. The Morgan fingerprint density at radius 1 is 1.26 bits per heavy atom. The Balaban J connectivity index is 3.13. The summed E-state index contributed by atoms with van der Waals surface area (Å²) in [5.41, 5.74) is -1.48. The van der Waals surface area contributed by atoms with Crippen LogP contribution < -0.4 is 4.74 Å². The van der Waals surface area contributed by atoms with Crippen molar-refractivity contribution >= 4 is 12.4 Å². The zero-order valence-corrected chi connectivity index (χ0v) is 14.9. The van der Waals surface area contributed by atoms with Crippen molar-refractivity contribution in [2.24, 2.45) is 0 Å². The quantitative estimate of drug-likeness (QED) is 0.779. The van der Waals surface area contributed by atoms with Crippen LogP contribution in [0.15, 0.2) is 18.2 Å². The number of hydrogen-bond donors (Lipinski definition) is 0. The van der Waals surface area contributed by atoms with E-state index in [1.54, 1.807) is 45.9 Å². The molecule has 1 rings (SSSR count). The highest BCUT2D eigenvalue weighted by Crippen LogP contribution is 2.27. The van der Waals surface area contributed by atoms with Gasteiger partial charge in [-0.1, -0.05) is 6.07 Å². The number of amides is 1. The van der Waals surface area contributed by atoms with Gasteiger partial charge in [0.25, 0.3) is 0 Å². The number of aldehydes is 1. The molecule has 0 radical (unpaired) electrons. The molecule has 0 aliphatic heterocycles. The topological polar surface area (TPSA) is 68.7 Å². The second kappa shape index (κ2) is 6.98. The van der Waals surface area contributed by atoms with E-state index in [9.17, 15) is 9.59 Å². The molecule has 0 fully saturated rings. The number of nitrogens with zero attached hydrogens (tertiary/aromatic N) is 2. The van der Waals surface area contributed by atoms with Gasteiger partial charge in [-0.25, -0.2) is 9.78 Å². The first-order chi connectivity index (χ1) is 10.5. The molecule has 0 spiro atoms. The van der Waals surface area contributed by atoms with E-state index in [1.807, 2.05) is 13.8 Å². The highest BCUT2D eigenvalue weighted by atomic mass is 16.6. The summed E-state index contributed by atoms with van der Waals surface area (Å²) in [6, 6.07) is 5.13. The van der Waals surface area contributed by atoms with Gasteiger partial charge in [0.1, 0.15) is 11.1 Å². The monoisotopic (exact) mass is 322 g/mol. The SMILES string of the molecule is CC(C)Oc1cccc(C(C)(C=O)N(C)C(=O)OC(C)(C)C)n1. The van der Waals surface area contributed by atoms with Crippen LogP contribution in [0.2, 0.25) is 0 Å². The summed E-state index contributed by atoms with van der Waals surface area (Å²) in [5.74, 6) is 0.406. The van der Waals surface area contributed by atoms with Crippen molar-refractivity contribution in [1.82, 2.24) is 9.88 Å². The second-order valence-electron chi connectivity index (χ2n) is 6.83. The molecule has 6 heteroatoms. The largest absolute Gasteiger partial charge is 0.475 e. The number of carbonyl (C=O) groups is 2. The average Bonchev–Trinajstić information content (AvgIpc) is 2.43. The van der Waals surface area contributed by atoms with Crippen molar-refractivity contribution in [3.63, 3.8) is 0 Å². The Morgan fingerprint density at radius 2 is 1.87 bits per heavy atom. The lowest BCUT2D eigenvalue weighted by atomic mass is 9.97. The number of ether oxygens (including phenoxy) is 2. The summed E-state index contributed by atoms with van der Waals surface area (Å²) in [6.07, 6.45) is 0.0474. The van der Waals surface area contributed by atoms with Crippen LogP contribution in [0.1, 0.15) is 47.2 Å². The van der Waals surface area contributed by atoms with Gasteiger partial charge in [-0.2, -0.15) is 0 Å². The molecule has 0 aromatic carbocycles. The average molecular weight is 322 g/mol. The molecular weight excluding hydrogens is 296 g/mol. The molecule has 1 aromatic rings. The molecule has 1 unspecified atom stereocenters. The number of aromatic nitrogens is 1. The maximum atomic E-state index is 12.3. The number of carbonyl (C=O) groups excluding carboxylic acids is 2. The van der Waals surface area contributed by atoms with Gasteiger partial charge in [0.2, 0.25) is 5.88 Å². The van der Waals surface area contributed by atoms with Crippen LogP contribution in [0.5, 0.6) is 5.88 Å². The molecule has 6 nitrogen and oxygen atoms in total. The molecule has 128 valence electrons. The fourth-order valence-electron chi connectivity index (χ4n) is 1.84.